The van der Waals surface area contributed by atoms with Crippen LogP contribution in [0.4, 0.5) is 5.69 Å². The molecule has 4 nitrogen and oxygen atoms in total. The Morgan fingerprint density at radius 1 is 1.44 bits per heavy atom. The molecule has 1 rings (SSSR count). The molecule has 0 fully saturated rings. The third-order valence-corrected chi connectivity index (χ3v) is 2.32. The van der Waals surface area contributed by atoms with E-state index in [1.807, 2.05) is 34.6 Å². The van der Waals surface area contributed by atoms with Crippen molar-refractivity contribution < 1.29 is 4.79 Å². The lowest BCUT2D eigenvalue weighted by Crippen LogP contribution is -2.40. The summed E-state index contributed by atoms with van der Waals surface area (Å²) in [5, 5.41) is 2.85. The number of carbonyl (C=O) groups excluding carboxylic acids is 1. The van der Waals surface area contributed by atoms with Gasteiger partial charge in [0.2, 0.25) is 5.69 Å². The van der Waals surface area contributed by atoms with Crippen LogP contribution in [-0.2, 0) is 0 Å². The molecule has 1 aromatic rings. The van der Waals surface area contributed by atoms with Crippen LogP contribution in [-0.4, -0.2) is 16.4 Å². The second-order valence-electron chi connectivity index (χ2n) is 5.60. The number of aromatic nitrogens is 1. The van der Waals surface area contributed by atoms with Crippen molar-refractivity contribution >= 4 is 11.6 Å². The SMILES string of the molecule is [C-]#[N+]c1cc(C(=O)NC(C)(C)C)cnc1C(C)C. The van der Waals surface area contributed by atoms with E-state index in [0.717, 1.165) is 5.69 Å². The molecule has 0 spiro atoms. The summed E-state index contributed by atoms with van der Waals surface area (Å²) in [6.45, 7) is 16.8. The number of rotatable bonds is 2. The summed E-state index contributed by atoms with van der Waals surface area (Å²) in [5.74, 6) is -0.0240. The summed E-state index contributed by atoms with van der Waals surface area (Å²) >= 11 is 0. The van der Waals surface area contributed by atoms with Crippen LogP contribution in [0.15, 0.2) is 12.3 Å². The van der Waals surface area contributed by atoms with Gasteiger partial charge in [-0.15, -0.1) is 0 Å². The highest BCUT2D eigenvalue weighted by molar-refractivity contribution is 5.95. The van der Waals surface area contributed by atoms with Crippen molar-refractivity contribution in [2.75, 3.05) is 0 Å². The van der Waals surface area contributed by atoms with Gasteiger partial charge in [0.1, 0.15) is 0 Å². The van der Waals surface area contributed by atoms with Gasteiger partial charge >= 0.3 is 0 Å². The first-order chi connectivity index (χ1) is 8.24. The summed E-state index contributed by atoms with van der Waals surface area (Å²) in [5.41, 5.74) is 1.32. The summed E-state index contributed by atoms with van der Waals surface area (Å²) in [4.78, 5) is 19.6. The molecule has 1 N–H and O–H groups in total. The molecule has 1 amide bonds. The van der Waals surface area contributed by atoms with Gasteiger partial charge in [0, 0.05) is 23.0 Å². The van der Waals surface area contributed by atoms with Crippen molar-refractivity contribution in [2.45, 2.75) is 46.1 Å². The first-order valence-corrected chi connectivity index (χ1v) is 5.94. The fourth-order valence-corrected chi connectivity index (χ4v) is 1.54. The summed E-state index contributed by atoms with van der Waals surface area (Å²) < 4.78 is 0. The number of amides is 1. The van der Waals surface area contributed by atoms with Crippen LogP contribution in [0.3, 0.4) is 0 Å². The second kappa shape index (κ2) is 5.18. The Hall–Kier alpha value is -1.89. The van der Waals surface area contributed by atoms with Crippen LogP contribution < -0.4 is 5.32 Å². The van der Waals surface area contributed by atoms with E-state index in [9.17, 15) is 4.79 Å². The second-order valence-corrected chi connectivity index (χ2v) is 5.60. The van der Waals surface area contributed by atoms with Gasteiger partial charge in [-0.2, -0.15) is 0 Å². The lowest BCUT2D eigenvalue weighted by Gasteiger charge is -2.20. The van der Waals surface area contributed by atoms with Crippen LogP contribution in [0.5, 0.6) is 0 Å². The molecular formula is C14H19N3O. The number of carbonyl (C=O) groups is 1. The third kappa shape index (κ3) is 3.56. The molecule has 0 bridgehead atoms. The lowest BCUT2D eigenvalue weighted by atomic mass is 10.1. The number of hydrogen-bond acceptors (Lipinski definition) is 2. The number of pyridine rings is 1. The molecule has 0 aliphatic rings. The van der Waals surface area contributed by atoms with Crippen LogP contribution in [0, 0.1) is 6.57 Å². The van der Waals surface area contributed by atoms with Crippen molar-refractivity contribution in [2.24, 2.45) is 0 Å². The third-order valence-electron chi connectivity index (χ3n) is 2.32. The first-order valence-electron chi connectivity index (χ1n) is 5.94. The number of nitrogens with one attached hydrogen (secondary N) is 1. The summed E-state index contributed by atoms with van der Waals surface area (Å²) in [6.07, 6.45) is 1.53. The van der Waals surface area contributed by atoms with E-state index in [4.69, 9.17) is 6.57 Å². The van der Waals surface area contributed by atoms with Gasteiger partial charge in [-0.25, -0.2) is 4.85 Å². The van der Waals surface area contributed by atoms with Crippen molar-refractivity contribution in [3.05, 3.63) is 34.9 Å². The molecule has 0 atom stereocenters. The van der Waals surface area contributed by atoms with Gasteiger partial charge < -0.3 is 5.32 Å². The zero-order valence-corrected chi connectivity index (χ0v) is 11.5. The minimum Gasteiger partial charge on any atom is -0.347 e. The fraction of sp³-hybridized carbons (Fsp3) is 0.500. The Kier molecular flexibility index (Phi) is 4.07. The van der Waals surface area contributed by atoms with Crippen molar-refractivity contribution in [1.82, 2.24) is 10.3 Å². The van der Waals surface area contributed by atoms with Gasteiger partial charge in [-0.3, -0.25) is 9.78 Å². The fourth-order valence-electron chi connectivity index (χ4n) is 1.54. The van der Waals surface area contributed by atoms with E-state index in [1.165, 1.54) is 6.20 Å². The largest absolute Gasteiger partial charge is 0.347 e. The minimum atomic E-state index is -0.300. The predicted octanol–water partition coefficient (Wildman–Crippen LogP) is 3.28. The van der Waals surface area contributed by atoms with Crippen molar-refractivity contribution in [3.63, 3.8) is 0 Å². The number of nitrogens with zero attached hydrogens (tertiary/aromatic N) is 2. The maximum Gasteiger partial charge on any atom is 0.251 e. The predicted molar refractivity (Wildman–Crippen MR) is 71.8 cm³/mol. The zero-order valence-electron chi connectivity index (χ0n) is 11.5. The van der Waals surface area contributed by atoms with E-state index in [-0.39, 0.29) is 17.4 Å². The Morgan fingerprint density at radius 2 is 2.06 bits per heavy atom. The Bertz CT molecular complexity index is 493. The van der Waals surface area contributed by atoms with Gasteiger partial charge in [0.15, 0.2) is 0 Å². The topological polar surface area (TPSA) is 46.4 Å². The Labute approximate surface area is 108 Å². The average Bonchev–Trinajstić information content (AvgIpc) is 2.25. The van der Waals surface area contributed by atoms with Crippen LogP contribution in [0.1, 0.15) is 56.6 Å². The number of hydrogen-bond donors (Lipinski definition) is 1. The molecule has 0 saturated carbocycles. The Morgan fingerprint density at radius 3 is 2.50 bits per heavy atom. The van der Waals surface area contributed by atoms with Gasteiger partial charge in [-0.05, 0) is 32.8 Å². The standard InChI is InChI=1S/C14H19N3O/c1-9(2)12-11(15-6)7-10(8-16-12)13(18)17-14(3,4)5/h7-9H,1-5H3,(H,17,18). The Balaban J connectivity index is 3.07. The minimum absolute atomic E-state index is 0.175. The van der Waals surface area contributed by atoms with E-state index < -0.39 is 0 Å². The molecule has 0 radical (unpaired) electrons. The highest BCUT2D eigenvalue weighted by atomic mass is 16.1. The maximum atomic E-state index is 12.0. The quantitative estimate of drug-likeness (QED) is 0.813. The molecule has 0 aliphatic heterocycles. The van der Waals surface area contributed by atoms with Crippen LogP contribution in [0.2, 0.25) is 0 Å². The van der Waals surface area contributed by atoms with E-state index in [1.54, 1.807) is 6.07 Å². The van der Waals surface area contributed by atoms with E-state index in [2.05, 4.69) is 15.1 Å². The van der Waals surface area contributed by atoms with E-state index in [0.29, 0.717) is 11.3 Å². The van der Waals surface area contributed by atoms with Crippen LogP contribution >= 0.6 is 0 Å². The normalized spacial score (nSPS) is 11.2. The molecule has 96 valence electrons. The molecule has 1 heterocycles. The molecule has 0 aromatic carbocycles. The molecule has 1 aromatic heterocycles. The van der Waals surface area contributed by atoms with Gasteiger partial charge in [-0.1, -0.05) is 13.8 Å². The monoisotopic (exact) mass is 245 g/mol. The highest BCUT2D eigenvalue weighted by Gasteiger charge is 2.17. The molecule has 0 aliphatic carbocycles. The highest BCUT2D eigenvalue weighted by Crippen LogP contribution is 2.25. The van der Waals surface area contributed by atoms with Gasteiger partial charge in [0.25, 0.3) is 5.91 Å². The molecule has 0 unspecified atom stereocenters. The van der Waals surface area contributed by atoms with E-state index >= 15 is 0 Å². The van der Waals surface area contributed by atoms with Crippen LogP contribution in [0.25, 0.3) is 4.85 Å². The molecule has 4 heteroatoms. The van der Waals surface area contributed by atoms with Crippen molar-refractivity contribution in [1.29, 1.82) is 0 Å². The summed E-state index contributed by atoms with van der Waals surface area (Å²) in [6, 6.07) is 1.61. The summed E-state index contributed by atoms with van der Waals surface area (Å²) in [7, 11) is 0. The zero-order chi connectivity index (χ0) is 13.9. The van der Waals surface area contributed by atoms with Gasteiger partial charge in [0.05, 0.1) is 6.57 Å². The first kappa shape index (κ1) is 14.2. The molecule has 18 heavy (non-hydrogen) atoms. The van der Waals surface area contributed by atoms with Crippen molar-refractivity contribution in [3.8, 4) is 0 Å². The average molecular weight is 245 g/mol. The smallest absolute Gasteiger partial charge is 0.251 e. The lowest BCUT2D eigenvalue weighted by molar-refractivity contribution is 0.0919. The molecular weight excluding hydrogens is 226 g/mol. The molecule has 0 saturated heterocycles. The maximum absolute atomic E-state index is 12.0.